The summed E-state index contributed by atoms with van der Waals surface area (Å²) in [5.74, 6) is -1.40. The number of hydrogen-bond donors (Lipinski definition) is 3. The normalized spacial score (nSPS) is 15.3. The Morgan fingerprint density at radius 2 is 1.91 bits per heavy atom. The number of pyridine rings is 1. The Labute approximate surface area is 199 Å². The molecule has 3 rings (SSSR count). The maximum absolute atomic E-state index is 13.3. The Morgan fingerprint density at radius 3 is 2.47 bits per heavy atom. The first-order chi connectivity index (χ1) is 16.1. The molecule has 1 fully saturated rings. The quantitative estimate of drug-likeness (QED) is 0.410. The number of rotatable bonds is 9. The van der Waals surface area contributed by atoms with Crippen LogP contribution in [0.2, 0.25) is 0 Å². The van der Waals surface area contributed by atoms with Crippen molar-refractivity contribution in [3.8, 4) is 5.88 Å². The Balaban J connectivity index is 1.98. The molecule has 0 bridgehead atoms. The highest BCUT2D eigenvalue weighted by Gasteiger charge is 2.32. The minimum Gasteiger partial charge on any atom is -0.477 e. The van der Waals surface area contributed by atoms with Crippen molar-refractivity contribution >= 4 is 27.5 Å². The Kier molecular flexibility index (Phi) is 7.89. The minimum absolute atomic E-state index is 0.00617. The lowest BCUT2D eigenvalue weighted by Crippen LogP contribution is -2.48. The van der Waals surface area contributed by atoms with Crippen LogP contribution in [0.25, 0.3) is 0 Å². The van der Waals surface area contributed by atoms with Crippen LogP contribution in [0.3, 0.4) is 0 Å². The largest absolute Gasteiger partial charge is 0.477 e. The zero-order valence-corrected chi connectivity index (χ0v) is 20.7. The molecule has 3 heterocycles. The van der Waals surface area contributed by atoms with Crippen LogP contribution in [0, 0.1) is 0 Å². The number of carbonyl (C=O) groups is 2. The number of amides is 2. The van der Waals surface area contributed by atoms with Gasteiger partial charge in [0.15, 0.2) is 7.05 Å². The van der Waals surface area contributed by atoms with E-state index in [0.717, 1.165) is 6.54 Å². The van der Waals surface area contributed by atoms with E-state index in [1.54, 1.807) is 14.0 Å². The Bertz CT molecular complexity index is 1170. The molecule has 0 saturated carbocycles. The van der Waals surface area contributed by atoms with E-state index in [1.807, 2.05) is 13.8 Å². The van der Waals surface area contributed by atoms with Crippen LogP contribution >= 0.6 is 0 Å². The average Bonchev–Trinajstić information content (AvgIpc) is 3.14. The van der Waals surface area contributed by atoms with E-state index in [-0.39, 0.29) is 34.3 Å². The first-order valence-electron chi connectivity index (χ1n) is 11.2. The van der Waals surface area contributed by atoms with E-state index in [0.29, 0.717) is 38.3 Å². The monoisotopic (exact) mass is 494 g/mol. The molecular formula is C21H32N7O5S+. The minimum atomic E-state index is -3.86. The summed E-state index contributed by atoms with van der Waals surface area (Å²) in [4.78, 5) is 31.4. The van der Waals surface area contributed by atoms with Crippen molar-refractivity contribution in [2.24, 2.45) is 12.8 Å². The molecule has 186 valence electrons. The number of primary amides is 1. The number of sulfonamides is 1. The average molecular weight is 495 g/mol. The summed E-state index contributed by atoms with van der Waals surface area (Å²) in [6, 6.07) is 1.26. The molecule has 2 aromatic rings. The third-order valence-electron chi connectivity index (χ3n) is 5.77. The number of hydrogen-bond acceptors (Lipinski definition) is 7. The lowest BCUT2D eigenvalue weighted by molar-refractivity contribution is -0.728. The van der Waals surface area contributed by atoms with Crippen molar-refractivity contribution in [2.45, 2.75) is 32.1 Å². The van der Waals surface area contributed by atoms with Gasteiger partial charge < -0.3 is 20.7 Å². The summed E-state index contributed by atoms with van der Waals surface area (Å²) in [6.45, 7) is 8.67. The number of likely N-dealkylation sites (N-methyl/N-ethyl adjacent to an activating group) is 1. The second-order valence-electron chi connectivity index (χ2n) is 7.84. The van der Waals surface area contributed by atoms with E-state index >= 15 is 0 Å². The number of nitrogens with one attached hydrogen (secondary N) is 2. The van der Waals surface area contributed by atoms with Crippen molar-refractivity contribution in [1.82, 2.24) is 19.3 Å². The number of aryl methyl sites for hydroxylation is 2. The molecule has 0 aromatic carbocycles. The number of nitrogens with two attached hydrogens (primary N) is 1. The fraction of sp³-hybridized carbons (Fsp3) is 0.524. The highest BCUT2D eigenvalue weighted by atomic mass is 32.2. The first-order valence-corrected chi connectivity index (χ1v) is 12.6. The highest BCUT2D eigenvalue weighted by molar-refractivity contribution is 7.89. The standard InChI is InChI=1S/C21H31N7O5S/c1-5-16-17(18(19(22)29)26(4)25-16)24-20(30)15-12-14(13-23-21(15)33-7-3)34(31,32)28-10-8-27(6-2)9-11-28/h12-13H,5-11H2,1-4H3,(H3,22,24,29,30)/p+1. The van der Waals surface area contributed by atoms with Gasteiger partial charge in [0.05, 0.1) is 12.8 Å². The van der Waals surface area contributed by atoms with Crippen molar-refractivity contribution in [1.29, 1.82) is 0 Å². The number of piperazine rings is 1. The van der Waals surface area contributed by atoms with Gasteiger partial charge in [0.25, 0.3) is 5.91 Å². The summed E-state index contributed by atoms with van der Waals surface area (Å²) < 4.78 is 34.8. The summed E-state index contributed by atoms with van der Waals surface area (Å²) >= 11 is 0. The molecule has 12 nitrogen and oxygen atoms in total. The van der Waals surface area contributed by atoms with Gasteiger partial charge in [-0.15, -0.1) is 4.68 Å². The number of aromatic amines is 1. The third-order valence-corrected chi connectivity index (χ3v) is 7.63. The van der Waals surface area contributed by atoms with Crippen molar-refractivity contribution in [3.05, 3.63) is 29.2 Å². The van der Waals surface area contributed by atoms with E-state index in [9.17, 15) is 18.0 Å². The smallest absolute Gasteiger partial charge is 0.318 e. The molecule has 1 aliphatic heterocycles. The van der Waals surface area contributed by atoms with Crippen LogP contribution in [-0.2, 0) is 23.5 Å². The Hall–Kier alpha value is -3.03. The van der Waals surface area contributed by atoms with Crippen molar-refractivity contribution < 1.29 is 27.4 Å². The number of aromatic nitrogens is 3. The lowest BCUT2D eigenvalue weighted by Gasteiger charge is -2.33. The second kappa shape index (κ2) is 10.5. The predicted octanol–water partition coefficient (Wildman–Crippen LogP) is -0.127. The molecule has 0 atom stereocenters. The van der Waals surface area contributed by atoms with Gasteiger partial charge in [0, 0.05) is 26.2 Å². The van der Waals surface area contributed by atoms with E-state index in [4.69, 9.17) is 10.5 Å². The maximum Gasteiger partial charge on any atom is 0.318 e. The first kappa shape index (κ1) is 25.6. The molecule has 0 aliphatic carbocycles. The molecule has 1 aliphatic rings. The lowest BCUT2D eigenvalue weighted by atomic mass is 10.2. The summed E-state index contributed by atoms with van der Waals surface area (Å²) in [6.07, 6.45) is 1.69. The molecule has 34 heavy (non-hydrogen) atoms. The molecule has 13 heteroatoms. The van der Waals surface area contributed by atoms with Gasteiger partial charge in [-0.25, -0.2) is 13.4 Å². The fourth-order valence-corrected chi connectivity index (χ4v) is 5.30. The van der Waals surface area contributed by atoms with Crippen LogP contribution in [-0.4, -0.2) is 78.9 Å². The second-order valence-corrected chi connectivity index (χ2v) is 9.78. The zero-order valence-electron chi connectivity index (χ0n) is 19.9. The van der Waals surface area contributed by atoms with Crippen molar-refractivity contribution in [3.63, 3.8) is 0 Å². The molecule has 0 unspecified atom stereocenters. The highest BCUT2D eigenvalue weighted by Crippen LogP contribution is 2.25. The number of H-pyrrole nitrogens is 1. The summed E-state index contributed by atoms with van der Waals surface area (Å²) in [5, 5.41) is 5.67. The number of nitrogens with zero attached hydrogens (tertiary/aromatic N) is 4. The number of ether oxygens (including phenoxy) is 1. The SMILES string of the molecule is CCOc1ncc(S(=O)(=O)N2CCN(CC)CC2)cc1C(=O)Nc1c(CC)[nH][n+](C)c1C(N)=O. The van der Waals surface area contributed by atoms with Crippen LogP contribution in [0.15, 0.2) is 17.2 Å². The topological polar surface area (TPSA) is 155 Å². The zero-order chi connectivity index (χ0) is 25.0. The van der Waals surface area contributed by atoms with Crippen molar-refractivity contribution in [2.75, 3.05) is 44.6 Å². The molecule has 2 aromatic heterocycles. The Morgan fingerprint density at radius 1 is 1.24 bits per heavy atom. The van der Waals surface area contributed by atoms with Gasteiger partial charge in [-0.1, -0.05) is 13.8 Å². The van der Waals surface area contributed by atoms with Crippen LogP contribution in [0.1, 0.15) is 47.3 Å². The van der Waals surface area contributed by atoms with E-state index in [1.165, 1.54) is 21.3 Å². The fourth-order valence-electron chi connectivity index (χ4n) is 3.91. The summed E-state index contributed by atoms with van der Waals surface area (Å²) in [7, 11) is -2.26. The molecule has 2 amide bonds. The van der Waals surface area contributed by atoms with Gasteiger partial charge in [-0.05, 0) is 26.0 Å². The van der Waals surface area contributed by atoms with Gasteiger partial charge in [-0.2, -0.15) is 9.40 Å². The predicted molar refractivity (Wildman–Crippen MR) is 124 cm³/mol. The van der Waals surface area contributed by atoms with Crippen LogP contribution in [0.5, 0.6) is 5.88 Å². The molecule has 4 N–H and O–H groups in total. The number of carbonyl (C=O) groups excluding carboxylic acids is 2. The molecule has 0 radical (unpaired) electrons. The van der Waals surface area contributed by atoms with Gasteiger partial charge in [-0.3, -0.25) is 9.59 Å². The van der Waals surface area contributed by atoms with Gasteiger partial charge >= 0.3 is 11.6 Å². The molecular weight excluding hydrogens is 462 g/mol. The maximum atomic E-state index is 13.3. The summed E-state index contributed by atoms with van der Waals surface area (Å²) in [5.41, 5.74) is 6.36. The number of anilines is 1. The third kappa shape index (κ3) is 5.05. The molecule has 1 saturated heterocycles. The van der Waals surface area contributed by atoms with E-state index < -0.39 is 21.8 Å². The van der Waals surface area contributed by atoms with Gasteiger partial charge in [0.1, 0.15) is 21.8 Å². The van der Waals surface area contributed by atoms with Gasteiger partial charge in [0.2, 0.25) is 15.9 Å². The van der Waals surface area contributed by atoms with E-state index in [2.05, 4.69) is 20.3 Å². The molecule has 0 spiro atoms. The van der Waals surface area contributed by atoms with Crippen LogP contribution < -0.4 is 20.5 Å². The van der Waals surface area contributed by atoms with Crippen LogP contribution in [0.4, 0.5) is 5.69 Å².